The maximum Gasteiger partial charge on any atom is 0.255 e. The highest BCUT2D eigenvalue weighted by atomic mass is 19.1. The Bertz CT molecular complexity index is 1500. The number of carbonyl (C=O) groups excluding carboxylic acids is 2. The molecule has 2 amide bonds. The van der Waals surface area contributed by atoms with Crippen molar-refractivity contribution in [3.63, 3.8) is 0 Å². The largest absolute Gasteiger partial charge is 0.496 e. The van der Waals surface area contributed by atoms with E-state index in [0.29, 0.717) is 6.54 Å². The van der Waals surface area contributed by atoms with Crippen molar-refractivity contribution in [3.8, 4) is 5.75 Å². The maximum absolute atomic E-state index is 14.1. The number of hydrogen-bond donors (Lipinski definition) is 1. The number of hydrogen-bond acceptors (Lipinski definition) is 3. The number of rotatable bonds is 4. The number of aromatic amines is 1. The summed E-state index contributed by atoms with van der Waals surface area (Å²) >= 11 is 0. The van der Waals surface area contributed by atoms with Crippen LogP contribution in [0.25, 0.3) is 10.9 Å². The van der Waals surface area contributed by atoms with Gasteiger partial charge in [-0.2, -0.15) is 0 Å². The number of methoxy groups -OCH3 is 1. The first-order valence-corrected chi connectivity index (χ1v) is 12.0. The molecule has 6 rings (SSSR count). The van der Waals surface area contributed by atoms with E-state index in [4.69, 9.17) is 4.74 Å². The first-order chi connectivity index (χ1) is 17.4. The lowest BCUT2D eigenvalue weighted by atomic mass is 9.76. The Morgan fingerprint density at radius 3 is 2.53 bits per heavy atom. The number of nitrogens with one attached hydrogen (secondary N) is 1. The van der Waals surface area contributed by atoms with Crippen LogP contribution in [0.3, 0.4) is 0 Å². The molecule has 2 aliphatic heterocycles. The summed E-state index contributed by atoms with van der Waals surface area (Å²) in [5, 5.41) is 1.03. The topological polar surface area (TPSA) is 65.6 Å². The number of fused-ring (bicyclic) bond motifs is 5. The van der Waals surface area contributed by atoms with Gasteiger partial charge in [-0.15, -0.1) is 0 Å². The quantitative estimate of drug-likeness (QED) is 0.463. The maximum atomic E-state index is 14.1. The molecule has 4 aromatic rings. The van der Waals surface area contributed by atoms with Crippen LogP contribution in [0.5, 0.6) is 5.75 Å². The van der Waals surface area contributed by atoms with Crippen LogP contribution in [-0.2, 0) is 21.7 Å². The van der Waals surface area contributed by atoms with Crippen LogP contribution in [0.4, 0.5) is 4.39 Å². The van der Waals surface area contributed by atoms with Crippen LogP contribution in [0.15, 0.2) is 72.8 Å². The van der Waals surface area contributed by atoms with Crippen molar-refractivity contribution >= 4 is 22.7 Å². The smallest absolute Gasteiger partial charge is 0.255 e. The van der Waals surface area contributed by atoms with E-state index < -0.39 is 5.54 Å². The van der Waals surface area contributed by atoms with Crippen LogP contribution < -0.4 is 4.74 Å². The standard InChI is InChI=1S/C29H26FN3O3/c1-29-27-26(21-8-3-5-9-23(21)31-27)22(20-7-4-6-10-24(20)36-2)16-33(29)25(34)17-32(28(29)35)15-18-11-13-19(30)14-12-18/h3-14,22,31H,15-17H2,1-2H3/t22-,29-/m0/s1. The minimum atomic E-state index is -1.19. The number of H-pyrrole nitrogens is 1. The predicted octanol–water partition coefficient (Wildman–Crippen LogP) is 4.55. The van der Waals surface area contributed by atoms with Crippen LogP contribution in [0.2, 0.25) is 0 Å². The molecule has 1 N–H and O–H groups in total. The van der Waals surface area contributed by atoms with Crippen LogP contribution in [0, 0.1) is 5.82 Å². The summed E-state index contributed by atoms with van der Waals surface area (Å²) in [5.41, 5.74) is 3.21. The van der Waals surface area contributed by atoms with Crippen molar-refractivity contribution < 1.29 is 18.7 Å². The summed E-state index contributed by atoms with van der Waals surface area (Å²) in [6.45, 7) is 2.40. The van der Waals surface area contributed by atoms with Gasteiger partial charge in [-0.3, -0.25) is 9.59 Å². The second-order valence-electron chi connectivity index (χ2n) is 9.62. The minimum absolute atomic E-state index is 0.0278. The van der Waals surface area contributed by atoms with Crippen molar-refractivity contribution in [2.45, 2.75) is 24.9 Å². The molecular weight excluding hydrogens is 457 g/mol. The Kier molecular flexibility index (Phi) is 5.10. The van der Waals surface area contributed by atoms with Gasteiger partial charge in [0.2, 0.25) is 5.91 Å². The third-order valence-corrected chi connectivity index (χ3v) is 7.62. The molecule has 1 saturated heterocycles. The van der Waals surface area contributed by atoms with E-state index in [2.05, 4.69) is 11.1 Å². The van der Waals surface area contributed by atoms with Gasteiger partial charge >= 0.3 is 0 Å². The number of carbonyl (C=O) groups is 2. The summed E-state index contributed by atoms with van der Waals surface area (Å²) in [6, 6.07) is 21.9. The third kappa shape index (κ3) is 3.22. The summed E-state index contributed by atoms with van der Waals surface area (Å²) in [7, 11) is 1.64. The van der Waals surface area contributed by atoms with Gasteiger partial charge in [0, 0.05) is 35.5 Å². The Balaban J connectivity index is 1.51. The zero-order chi connectivity index (χ0) is 25.0. The molecular formula is C29H26FN3O3. The highest BCUT2D eigenvalue weighted by Crippen LogP contribution is 2.49. The number of aromatic nitrogens is 1. The summed E-state index contributed by atoms with van der Waals surface area (Å²) < 4.78 is 19.1. The number of nitrogens with zero attached hydrogens (tertiary/aromatic N) is 2. The van der Waals surface area contributed by atoms with Crippen molar-refractivity contribution in [2.75, 3.05) is 20.2 Å². The molecule has 0 saturated carbocycles. The lowest BCUT2D eigenvalue weighted by Crippen LogP contribution is -2.67. The van der Waals surface area contributed by atoms with Gasteiger partial charge in [0.05, 0.1) is 12.8 Å². The first kappa shape index (κ1) is 22.3. The Labute approximate surface area is 208 Å². The van der Waals surface area contributed by atoms with Crippen molar-refractivity contribution in [3.05, 3.63) is 101 Å². The monoisotopic (exact) mass is 483 g/mol. The van der Waals surface area contributed by atoms with Gasteiger partial charge in [0.1, 0.15) is 18.1 Å². The van der Waals surface area contributed by atoms with Crippen LogP contribution in [0.1, 0.15) is 35.2 Å². The SMILES string of the molecule is COc1ccccc1[C@@H]1CN2C(=O)CN(Cc3ccc(F)cc3)C(=O)[C@]2(C)c2[nH]c3ccccc3c21. The summed E-state index contributed by atoms with van der Waals surface area (Å²) in [4.78, 5) is 34.5. The van der Waals surface area contributed by atoms with Gasteiger partial charge in [0.25, 0.3) is 5.91 Å². The Morgan fingerprint density at radius 1 is 1.03 bits per heavy atom. The van der Waals surface area contributed by atoms with E-state index in [1.165, 1.54) is 12.1 Å². The molecule has 1 aromatic heterocycles. The highest BCUT2D eigenvalue weighted by molar-refractivity contribution is 6.01. The summed E-state index contributed by atoms with van der Waals surface area (Å²) in [6.07, 6.45) is 0. The predicted molar refractivity (Wildman–Crippen MR) is 134 cm³/mol. The number of piperazine rings is 1. The lowest BCUT2D eigenvalue weighted by Gasteiger charge is -2.51. The molecule has 0 aliphatic carbocycles. The van der Waals surface area contributed by atoms with Crippen molar-refractivity contribution in [1.29, 1.82) is 0 Å². The third-order valence-electron chi connectivity index (χ3n) is 7.62. The fraction of sp³-hybridized carbons (Fsp3) is 0.241. The fourth-order valence-electron chi connectivity index (χ4n) is 5.85. The molecule has 1 fully saturated rings. The normalized spacial score (nSPS) is 21.5. The lowest BCUT2D eigenvalue weighted by molar-refractivity contribution is -0.166. The number of amides is 2. The van der Waals surface area contributed by atoms with Gasteiger partial charge < -0.3 is 19.5 Å². The molecule has 0 spiro atoms. The van der Waals surface area contributed by atoms with Crippen LogP contribution in [-0.4, -0.2) is 46.8 Å². The van der Waals surface area contributed by atoms with E-state index in [9.17, 15) is 14.0 Å². The number of para-hydroxylation sites is 2. The molecule has 2 atom stereocenters. The van der Waals surface area contributed by atoms with Crippen molar-refractivity contribution in [2.24, 2.45) is 0 Å². The van der Waals surface area contributed by atoms with Gasteiger partial charge in [0.15, 0.2) is 5.54 Å². The van der Waals surface area contributed by atoms with Gasteiger partial charge in [-0.25, -0.2) is 4.39 Å². The minimum Gasteiger partial charge on any atom is -0.496 e. The van der Waals surface area contributed by atoms with Crippen molar-refractivity contribution in [1.82, 2.24) is 14.8 Å². The highest BCUT2D eigenvalue weighted by Gasteiger charge is 2.56. The molecule has 2 aliphatic rings. The zero-order valence-corrected chi connectivity index (χ0v) is 20.1. The number of halogens is 1. The molecule has 3 heterocycles. The molecule has 36 heavy (non-hydrogen) atoms. The Morgan fingerprint density at radius 2 is 1.75 bits per heavy atom. The van der Waals surface area contributed by atoms with Gasteiger partial charge in [-0.1, -0.05) is 48.5 Å². The van der Waals surface area contributed by atoms with Gasteiger partial charge in [-0.05, 0) is 42.3 Å². The van der Waals surface area contributed by atoms with E-state index in [1.54, 1.807) is 29.0 Å². The number of benzene rings is 3. The first-order valence-electron chi connectivity index (χ1n) is 12.0. The fourth-order valence-corrected chi connectivity index (χ4v) is 5.85. The molecule has 182 valence electrons. The molecule has 3 aromatic carbocycles. The average molecular weight is 484 g/mol. The van der Waals surface area contributed by atoms with E-state index in [-0.39, 0.29) is 36.6 Å². The van der Waals surface area contributed by atoms with E-state index in [1.807, 2.05) is 49.4 Å². The van der Waals surface area contributed by atoms with Crippen LogP contribution >= 0.6 is 0 Å². The average Bonchev–Trinajstić information content (AvgIpc) is 3.29. The van der Waals surface area contributed by atoms with E-state index in [0.717, 1.165) is 39.0 Å². The zero-order valence-electron chi connectivity index (χ0n) is 20.1. The molecule has 6 nitrogen and oxygen atoms in total. The summed E-state index contributed by atoms with van der Waals surface area (Å²) in [5.74, 6) is -0.0340. The molecule has 0 bridgehead atoms. The second-order valence-corrected chi connectivity index (χ2v) is 9.62. The Hall–Kier alpha value is -4.13. The number of ether oxygens (including phenoxy) is 1. The molecule has 7 heteroatoms. The molecule has 0 radical (unpaired) electrons. The molecule has 0 unspecified atom stereocenters. The second kappa shape index (κ2) is 8.22. The van der Waals surface area contributed by atoms with E-state index >= 15 is 0 Å².